The summed E-state index contributed by atoms with van der Waals surface area (Å²) in [5, 5.41) is 0.990. The van der Waals surface area contributed by atoms with E-state index >= 15 is 0 Å². The van der Waals surface area contributed by atoms with Crippen molar-refractivity contribution in [3.05, 3.63) is 24.0 Å². The largest absolute Gasteiger partial charge is 0.493 e. The third-order valence-electron chi connectivity index (χ3n) is 2.27. The second-order valence-electron chi connectivity index (χ2n) is 3.42. The first-order chi connectivity index (χ1) is 7.76. The zero-order valence-corrected chi connectivity index (χ0v) is 9.57. The SMILES string of the molecule is COCOc1c(OC)ccc2cc(C)oc12. The Balaban J connectivity index is 2.53. The Labute approximate surface area is 93.7 Å². The Bertz CT molecular complexity index is 487. The molecule has 0 radical (unpaired) electrons. The molecule has 2 rings (SSSR count). The van der Waals surface area contributed by atoms with Crippen molar-refractivity contribution in [1.29, 1.82) is 0 Å². The van der Waals surface area contributed by atoms with Crippen LogP contribution >= 0.6 is 0 Å². The van der Waals surface area contributed by atoms with Crippen LogP contribution < -0.4 is 9.47 Å². The molecule has 0 atom stereocenters. The van der Waals surface area contributed by atoms with Gasteiger partial charge in [-0.2, -0.15) is 0 Å². The minimum Gasteiger partial charge on any atom is -0.493 e. The second-order valence-corrected chi connectivity index (χ2v) is 3.42. The van der Waals surface area contributed by atoms with Crippen LogP contribution in [-0.2, 0) is 4.74 Å². The highest BCUT2D eigenvalue weighted by Gasteiger charge is 2.13. The van der Waals surface area contributed by atoms with E-state index in [-0.39, 0.29) is 6.79 Å². The molecule has 0 spiro atoms. The van der Waals surface area contributed by atoms with E-state index in [0.29, 0.717) is 17.1 Å². The first-order valence-electron chi connectivity index (χ1n) is 4.95. The van der Waals surface area contributed by atoms with Gasteiger partial charge in [-0.1, -0.05) is 0 Å². The molecule has 4 nitrogen and oxygen atoms in total. The van der Waals surface area contributed by atoms with Gasteiger partial charge in [0, 0.05) is 12.5 Å². The molecular weight excluding hydrogens is 208 g/mol. The number of ether oxygens (including phenoxy) is 3. The molecule has 0 fully saturated rings. The predicted octanol–water partition coefficient (Wildman–Crippen LogP) is 2.73. The molecule has 0 saturated carbocycles. The third-order valence-corrected chi connectivity index (χ3v) is 2.27. The molecule has 1 aromatic heterocycles. The molecule has 0 saturated heterocycles. The molecule has 1 aromatic carbocycles. The van der Waals surface area contributed by atoms with Crippen LogP contribution in [0.2, 0.25) is 0 Å². The van der Waals surface area contributed by atoms with Gasteiger partial charge < -0.3 is 18.6 Å². The van der Waals surface area contributed by atoms with E-state index in [4.69, 9.17) is 18.6 Å². The van der Waals surface area contributed by atoms with E-state index < -0.39 is 0 Å². The standard InChI is InChI=1S/C12H14O4/c1-8-6-9-4-5-10(14-3)12(11(9)16-8)15-7-13-2/h4-6H,7H2,1-3H3. The van der Waals surface area contributed by atoms with Gasteiger partial charge in [0.2, 0.25) is 5.75 Å². The summed E-state index contributed by atoms with van der Waals surface area (Å²) >= 11 is 0. The lowest BCUT2D eigenvalue weighted by atomic mass is 10.2. The number of rotatable bonds is 4. The number of methoxy groups -OCH3 is 2. The van der Waals surface area contributed by atoms with Crippen LogP contribution in [0.25, 0.3) is 11.0 Å². The lowest BCUT2D eigenvalue weighted by molar-refractivity contribution is 0.0495. The van der Waals surface area contributed by atoms with Gasteiger partial charge in [-0.3, -0.25) is 0 Å². The topological polar surface area (TPSA) is 40.8 Å². The zero-order valence-electron chi connectivity index (χ0n) is 9.57. The summed E-state index contributed by atoms with van der Waals surface area (Å²) in [5.74, 6) is 2.05. The Kier molecular flexibility index (Phi) is 3.01. The van der Waals surface area contributed by atoms with Crippen molar-refractivity contribution in [1.82, 2.24) is 0 Å². The van der Waals surface area contributed by atoms with E-state index in [2.05, 4.69) is 0 Å². The molecule has 1 heterocycles. The molecule has 4 heteroatoms. The van der Waals surface area contributed by atoms with Crippen LogP contribution in [0.3, 0.4) is 0 Å². The van der Waals surface area contributed by atoms with E-state index in [1.54, 1.807) is 14.2 Å². The first-order valence-corrected chi connectivity index (χ1v) is 4.95. The minimum atomic E-state index is 0.162. The van der Waals surface area contributed by atoms with Crippen molar-refractivity contribution in [2.45, 2.75) is 6.92 Å². The Morgan fingerprint density at radius 1 is 1.25 bits per heavy atom. The van der Waals surface area contributed by atoms with Gasteiger partial charge in [0.25, 0.3) is 0 Å². The van der Waals surface area contributed by atoms with Gasteiger partial charge in [-0.15, -0.1) is 0 Å². The maximum Gasteiger partial charge on any atom is 0.207 e. The summed E-state index contributed by atoms with van der Waals surface area (Å²) in [7, 11) is 3.16. The van der Waals surface area contributed by atoms with E-state index in [1.807, 2.05) is 25.1 Å². The van der Waals surface area contributed by atoms with Gasteiger partial charge in [0.1, 0.15) is 5.76 Å². The number of hydrogen-bond acceptors (Lipinski definition) is 4. The molecule has 0 aliphatic carbocycles. The first kappa shape index (κ1) is 10.8. The van der Waals surface area contributed by atoms with Gasteiger partial charge >= 0.3 is 0 Å². The number of benzene rings is 1. The average Bonchev–Trinajstić information content (AvgIpc) is 2.66. The lowest BCUT2D eigenvalue weighted by Crippen LogP contribution is -2.00. The van der Waals surface area contributed by atoms with Crippen molar-refractivity contribution in [3.63, 3.8) is 0 Å². The summed E-state index contributed by atoms with van der Waals surface area (Å²) < 4.78 is 21.1. The van der Waals surface area contributed by atoms with Crippen molar-refractivity contribution in [2.24, 2.45) is 0 Å². The molecular formula is C12H14O4. The van der Waals surface area contributed by atoms with Gasteiger partial charge in [0.05, 0.1) is 7.11 Å². The van der Waals surface area contributed by atoms with Crippen LogP contribution in [-0.4, -0.2) is 21.0 Å². The maximum absolute atomic E-state index is 5.58. The monoisotopic (exact) mass is 222 g/mol. The summed E-state index contributed by atoms with van der Waals surface area (Å²) in [6, 6.07) is 5.74. The van der Waals surface area contributed by atoms with E-state index in [1.165, 1.54) is 0 Å². The molecule has 0 amide bonds. The number of aryl methyl sites for hydroxylation is 1. The highest BCUT2D eigenvalue weighted by atomic mass is 16.7. The van der Waals surface area contributed by atoms with Gasteiger partial charge in [-0.05, 0) is 25.1 Å². The lowest BCUT2D eigenvalue weighted by Gasteiger charge is -2.09. The van der Waals surface area contributed by atoms with Crippen LogP contribution in [0.1, 0.15) is 5.76 Å². The van der Waals surface area contributed by atoms with Crippen LogP contribution in [0.4, 0.5) is 0 Å². The highest BCUT2D eigenvalue weighted by Crippen LogP contribution is 2.37. The third kappa shape index (κ3) is 1.84. The zero-order chi connectivity index (χ0) is 11.5. The molecule has 0 unspecified atom stereocenters. The fourth-order valence-corrected chi connectivity index (χ4v) is 1.60. The summed E-state index contributed by atoms with van der Waals surface area (Å²) in [6.07, 6.45) is 0. The van der Waals surface area contributed by atoms with Crippen molar-refractivity contribution in [2.75, 3.05) is 21.0 Å². The molecule has 0 N–H and O–H groups in total. The number of hydrogen-bond donors (Lipinski definition) is 0. The molecule has 86 valence electrons. The van der Waals surface area contributed by atoms with Crippen molar-refractivity contribution < 1.29 is 18.6 Å². The van der Waals surface area contributed by atoms with Crippen LogP contribution in [0.5, 0.6) is 11.5 Å². The van der Waals surface area contributed by atoms with Crippen LogP contribution in [0, 0.1) is 6.92 Å². The Morgan fingerprint density at radius 2 is 2.06 bits per heavy atom. The highest BCUT2D eigenvalue weighted by molar-refractivity contribution is 5.86. The summed E-state index contributed by atoms with van der Waals surface area (Å²) in [4.78, 5) is 0. The molecule has 2 aromatic rings. The number of fused-ring (bicyclic) bond motifs is 1. The summed E-state index contributed by atoms with van der Waals surface area (Å²) in [5.41, 5.74) is 0.689. The van der Waals surface area contributed by atoms with E-state index in [9.17, 15) is 0 Å². The fraction of sp³-hybridized carbons (Fsp3) is 0.333. The molecule has 16 heavy (non-hydrogen) atoms. The molecule has 0 aliphatic rings. The average molecular weight is 222 g/mol. The Hall–Kier alpha value is -1.68. The quantitative estimate of drug-likeness (QED) is 0.746. The normalized spacial score (nSPS) is 10.7. The van der Waals surface area contributed by atoms with E-state index in [0.717, 1.165) is 11.1 Å². The summed E-state index contributed by atoms with van der Waals surface area (Å²) in [6.45, 7) is 2.06. The Morgan fingerprint density at radius 3 is 2.75 bits per heavy atom. The number of furan rings is 1. The van der Waals surface area contributed by atoms with Crippen molar-refractivity contribution in [3.8, 4) is 11.5 Å². The molecule has 0 aliphatic heterocycles. The second kappa shape index (κ2) is 4.45. The van der Waals surface area contributed by atoms with Crippen molar-refractivity contribution >= 4 is 11.0 Å². The van der Waals surface area contributed by atoms with Gasteiger partial charge in [-0.25, -0.2) is 0 Å². The maximum atomic E-state index is 5.58. The van der Waals surface area contributed by atoms with Gasteiger partial charge in [0.15, 0.2) is 18.1 Å². The molecule has 0 bridgehead atoms. The van der Waals surface area contributed by atoms with Crippen LogP contribution in [0.15, 0.2) is 22.6 Å². The fourth-order valence-electron chi connectivity index (χ4n) is 1.60. The smallest absolute Gasteiger partial charge is 0.207 e. The predicted molar refractivity (Wildman–Crippen MR) is 60.0 cm³/mol. The minimum absolute atomic E-state index is 0.162.